The second-order valence-electron chi connectivity index (χ2n) is 4.89. The van der Waals surface area contributed by atoms with Crippen molar-refractivity contribution >= 4 is 11.9 Å². The van der Waals surface area contributed by atoms with Crippen LogP contribution in [0.2, 0.25) is 0 Å². The molecule has 114 valence electrons. The van der Waals surface area contributed by atoms with Crippen LogP contribution in [0.3, 0.4) is 0 Å². The molecule has 4 heteroatoms. The molecule has 0 amide bonds. The van der Waals surface area contributed by atoms with Gasteiger partial charge in [-0.05, 0) is 18.9 Å². The van der Waals surface area contributed by atoms with E-state index in [1.807, 2.05) is 37.3 Å². The van der Waals surface area contributed by atoms with E-state index in [9.17, 15) is 9.59 Å². The number of unbranched alkanes of at least 4 members (excludes halogenated alkanes) is 1. The molecule has 0 spiro atoms. The Morgan fingerprint density at radius 2 is 1.90 bits per heavy atom. The molecule has 1 rings (SSSR count). The van der Waals surface area contributed by atoms with Crippen LogP contribution in [0, 0.1) is 0 Å². The molecule has 0 aliphatic rings. The summed E-state index contributed by atoms with van der Waals surface area (Å²) in [4.78, 5) is 23.7. The third kappa shape index (κ3) is 6.25. The quantitative estimate of drug-likeness (QED) is 0.419. The van der Waals surface area contributed by atoms with Crippen LogP contribution >= 0.6 is 0 Å². The minimum Gasteiger partial charge on any atom is -0.463 e. The molecule has 0 N–H and O–H groups in total. The number of esters is 2. The molecule has 0 bridgehead atoms. The first-order valence-electron chi connectivity index (χ1n) is 7.11. The summed E-state index contributed by atoms with van der Waals surface area (Å²) < 4.78 is 10.3. The lowest BCUT2D eigenvalue weighted by molar-refractivity contribution is -0.165. The van der Waals surface area contributed by atoms with Gasteiger partial charge in [0, 0.05) is 12.0 Å². The summed E-state index contributed by atoms with van der Waals surface area (Å²) in [7, 11) is 0. The highest BCUT2D eigenvalue weighted by Crippen LogP contribution is 2.10. The molecule has 0 aromatic heterocycles. The van der Waals surface area contributed by atoms with Crippen LogP contribution in [0.1, 0.15) is 32.3 Å². The van der Waals surface area contributed by atoms with Gasteiger partial charge in [0.05, 0.1) is 6.61 Å². The number of hydrogen-bond acceptors (Lipinski definition) is 4. The summed E-state index contributed by atoms with van der Waals surface area (Å²) in [5.74, 6) is -1.09. The second-order valence-corrected chi connectivity index (χ2v) is 4.89. The van der Waals surface area contributed by atoms with Crippen molar-refractivity contribution in [1.29, 1.82) is 0 Å². The number of carbonyl (C=O) groups is 2. The van der Waals surface area contributed by atoms with Crippen LogP contribution in [0.4, 0.5) is 0 Å². The standard InChI is InChI=1S/C17H22O4/c1-4-5-11-20-17(19)15(21-16(18)13(2)3)12-14-9-7-6-8-10-14/h6-10,15H,2,4-5,11-12H2,1,3H3. The van der Waals surface area contributed by atoms with Gasteiger partial charge < -0.3 is 9.47 Å². The van der Waals surface area contributed by atoms with Crippen molar-refractivity contribution in [2.45, 2.75) is 39.2 Å². The summed E-state index contributed by atoms with van der Waals surface area (Å²) in [6, 6.07) is 9.38. The molecule has 0 fully saturated rings. The van der Waals surface area contributed by atoms with Gasteiger partial charge in [-0.1, -0.05) is 50.3 Å². The maximum absolute atomic E-state index is 12.1. The van der Waals surface area contributed by atoms with Crippen molar-refractivity contribution in [3.63, 3.8) is 0 Å². The smallest absolute Gasteiger partial charge is 0.347 e. The Morgan fingerprint density at radius 1 is 1.24 bits per heavy atom. The van der Waals surface area contributed by atoms with Crippen LogP contribution in [0.5, 0.6) is 0 Å². The fourth-order valence-corrected chi connectivity index (χ4v) is 1.64. The van der Waals surface area contributed by atoms with Gasteiger partial charge in [-0.3, -0.25) is 0 Å². The van der Waals surface area contributed by atoms with Gasteiger partial charge in [-0.2, -0.15) is 0 Å². The van der Waals surface area contributed by atoms with Gasteiger partial charge >= 0.3 is 11.9 Å². The SMILES string of the molecule is C=C(C)C(=O)OC(Cc1ccccc1)C(=O)OCCCC. The van der Waals surface area contributed by atoms with E-state index in [1.54, 1.807) is 6.92 Å². The molecule has 0 aliphatic carbocycles. The Bertz CT molecular complexity index is 479. The van der Waals surface area contributed by atoms with E-state index >= 15 is 0 Å². The van der Waals surface area contributed by atoms with Crippen molar-refractivity contribution in [1.82, 2.24) is 0 Å². The third-order valence-corrected chi connectivity index (χ3v) is 2.87. The van der Waals surface area contributed by atoms with Crippen LogP contribution < -0.4 is 0 Å². The Kier molecular flexibility index (Phi) is 7.23. The molecule has 0 aliphatic heterocycles. The second kappa shape index (κ2) is 8.95. The summed E-state index contributed by atoms with van der Waals surface area (Å²) in [6.07, 6.45) is 1.08. The maximum atomic E-state index is 12.1. The van der Waals surface area contributed by atoms with Gasteiger partial charge in [0.15, 0.2) is 0 Å². The molecular formula is C17H22O4. The third-order valence-electron chi connectivity index (χ3n) is 2.87. The molecule has 0 radical (unpaired) electrons. The number of rotatable bonds is 8. The highest BCUT2D eigenvalue weighted by Gasteiger charge is 2.25. The van der Waals surface area contributed by atoms with Gasteiger partial charge in [0.25, 0.3) is 0 Å². The first-order chi connectivity index (χ1) is 10.0. The summed E-state index contributed by atoms with van der Waals surface area (Å²) in [5, 5.41) is 0. The van der Waals surface area contributed by atoms with Crippen molar-refractivity contribution in [3.8, 4) is 0 Å². The summed E-state index contributed by atoms with van der Waals surface area (Å²) >= 11 is 0. The maximum Gasteiger partial charge on any atom is 0.347 e. The minimum atomic E-state index is -0.937. The Hall–Kier alpha value is -2.10. The lowest BCUT2D eigenvalue weighted by Crippen LogP contribution is -2.31. The molecule has 1 unspecified atom stereocenters. The molecule has 0 saturated carbocycles. The average molecular weight is 290 g/mol. The minimum absolute atomic E-state index is 0.259. The zero-order chi connectivity index (χ0) is 15.7. The van der Waals surface area contributed by atoms with Gasteiger partial charge in [-0.25, -0.2) is 9.59 Å². The first-order valence-corrected chi connectivity index (χ1v) is 7.11. The Morgan fingerprint density at radius 3 is 2.48 bits per heavy atom. The summed E-state index contributed by atoms with van der Waals surface area (Å²) in [6.45, 7) is 7.42. The molecule has 0 saturated heterocycles. The van der Waals surface area contributed by atoms with Gasteiger partial charge in [0.2, 0.25) is 6.10 Å². The number of benzene rings is 1. The van der Waals surface area contributed by atoms with E-state index in [4.69, 9.17) is 9.47 Å². The van der Waals surface area contributed by atoms with Crippen LogP contribution in [0.25, 0.3) is 0 Å². The average Bonchev–Trinajstić information content (AvgIpc) is 2.47. The van der Waals surface area contributed by atoms with Crippen LogP contribution in [0.15, 0.2) is 42.5 Å². The van der Waals surface area contributed by atoms with E-state index in [-0.39, 0.29) is 5.57 Å². The van der Waals surface area contributed by atoms with E-state index < -0.39 is 18.0 Å². The fraction of sp³-hybridized carbons (Fsp3) is 0.412. The van der Waals surface area contributed by atoms with Gasteiger partial charge in [0.1, 0.15) is 0 Å². The molecular weight excluding hydrogens is 268 g/mol. The zero-order valence-electron chi connectivity index (χ0n) is 12.6. The predicted octanol–water partition coefficient (Wildman–Crippen LogP) is 3.06. The molecule has 1 aromatic rings. The predicted molar refractivity (Wildman–Crippen MR) is 80.7 cm³/mol. The lowest BCUT2D eigenvalue weighted by Gasteiger charge is -2.17. The highest BCUT2D eigenvalue weighted by molar-refractivity contribution is 5.89. The first kappa shape index (κ1) is 17.0. The molecule has 1 aromatic carbocycles. The number of carbonyl (C=O) groups excluding carboxylic acids is 2. The van der Waals surface area contributed by atoms with Gasteiger partial charge in [-0.15, -0.1) is 0 Å². The van der Waals surface area contributed by atoms with E-state index in [1.165, 1.54) is 0 Å². The fourth-order valence-electron chi connectivity index (χ4n) is 1.64. The van der Waals surface area contributed by atoms with Crippen molar-refractivity contribution in [2.75, 3.05) is 6.61 Å². The Labute approximate surface area is 125 Å². The number of hydrogen-bond donors (Lipinski definition) is 0. The zero-order valence-corrected chi connectivity index (χ0v) is 12.6. The van der Waals surface area contributed by atoms with Crippen LogP contribution in [-0.2, 0) is 25.5 Å². The van der Waals surface area contributed by atoms with E-state index in [0.717, 1.165) is 18.4 Å². The molecule has 1 atom stereocenters. The lowest BCUT2D eigenvalue weighted by atomic mass is 10.1. The van der Waals surface area contributed by atoms with Crippen LogP contribution in [-0.4, -0.2) is 24.6 Å². The van der Waals surface area contributed by atoms with Crippen molar-refractivity contribution in [3.05, 3.63) is 48.0 Å². The van der Waals surface area contributed by atoms with E-state index in [0.29, 0.717) is 13.0 Å². The van der Waals surface area contributed by atoms with Crippen molar-refractivity contribution < 1.29 is 19.1 Å². The normalized spacial score (nSPS) is 11.5. The number of ether oxygens (including phenoxy) is 2. The summed E-state index contributed by atoms with van der Waals surface area (Å²) in [5.41, 5.74) is 1.17. The van der Waals surface area contributed by atoms with E-state index in [2.05, 4.69) is 6.58 Å². The molecule has 21 heavy (non-hydrogen) atoms. The van der Waals surface area contributed by atoms with Crippen molar-refractivity contribution in [2.24, 2.45) is 0 Å². The Balaban J connectivity index is 2.71. The molecule has 4 nitrogen and oxygen atoms in total. The topological polar surface area (TPSA) is 52.6 Å². The molecule has 0 heterocycles. The highest BCUT2D eigenvalue weighted by atomic mass is 16.6. The largest absolute Gasteiger partial charge is 0.463 e. The monoisotopic (exact) mass is 290 g/mol.